The number of hydrogen-bond donors (Lipinski definition) is 1. The number of pyridine rings is 1. The Bertz CT molecular complexity index is 479. The van der Waals surface area contributed by atoms with Gasteiger partial charge in [0, 0.05) is 25.8 Å². The van der Waals surface area contributed by atoms with E-state index in [1.807, 2.05) is 6.92 Å². The highest BCUT2D eigenvalue weighted by molar-refractivity contribution is 5.94. The Balaban J connectivity index is 1.95. The van der Waals surface area contributed by atoms with Crippen LogP contribution in [0.4, 0.5) is 19.0 Å². The molecule has 0 bridgehead atoms. The second kappa shape index (κ2) is 6.32. The van der Waals surface area contributed by atoms with E-state index in [1.54, 1.807) is 12.1 Å². The molecule has 1 aliphatic heterocycles. The highest BCUT2D eigenvalue weighted by Gasteiger charge is 2.41. The molecular weight excluding hydrogens is 283 g/mol. The first-order valence-electron chi connectivity index (χ1n) is 6.97. The lowest BCUT2D eigenvalue weighted by atomic mass is 9.96. The summed E-state index contributed by atoms with van der Waals surface area (Å²) in [5.41, 5.74) is 0.405. The Morgan fingerprint density at radius 2 is 2.05 bits per heavy atom. The summed E-state index contributed by atoms with van der Waals surface area (Å²) in [6.07, 6.45) is -2.77. The van der Waals surface area contributed by atoms with E-state index in [0.29, 0.717) is 11.4 Å². The summed E-state index contributed by atoms with van der Waals surface area (Å²) in [6, 6.07) is 3.34. The second-order valence-electron chi connectivity index (χ2n) is 5.07. The van der Waals surface area contributed by atoms with Gasteiger partial charge in [0.1, 0.15) is 5.82 Å². The van der Waals surface area contributed by atoms with E-state index in [0.717, 1.165) is 6.54 Å². The van der Waals surface area contributed by atoms with Crippen molar-refractivity contribution >= 4 is 11.7 Å². The molecule has 0 atom stereocenters. The largest absolute Gasteiger partial charge is 0.391 e. The number of carbonyl (C=O) groups is 1. The van der Waals surface area contributed by atoms with Crippen molar-refractivity contribution in [3.8, 4) is 0 Å². The highest BCUT2D eigenvalue weighted by atomic mass is 19.4. The number of amides is 1. The molecule has 116 valence electrons. The van der Waals surface area contributed by atoms with E-state index >= 15 is 0 Å². The van der Waals surface area contributed by atoms with Gasteiger partial charge in [-0.25, -0.2) is 4.98 Å². The number of likely N-dealkylation sites (tertiary alicyclic amines) is 1. The lowest BCUT2D eigenvalue weighted by molar-refractivity contribution is -0.183. The fraction of sp³-hybridized carbons (Fsp3) is 0.571. The number of piperidine rings is 1. The molecule has 0 saturated carbocycles. The Kier molecular flexibility index (Phi) is 4.69. The minimum atomic E-state index is -4.16. The van der Waals surface area contributed by atoms with Crippen LogP contribution in [0.15, 0.2) is 18.3 Å². The summed E-state index contributed by atoms with van der Waals surface area (Å²) in [5, 5.41) is 3.01. The zero-order valence-electron chi connectivity index (χ0n) is 11.8. The summed E-state index contributed by atoms with van der Waals surface area (Å²) in [7, 11) is 0. The SMILES string of the molecule is CCNc1ccc(C(=O)N2CCC(C(F)(F)F)CC2)cn1. The molecule has 4 nitrogen and oxygen atoms in total. The van der Waals surface area contributed by atoms with Gasteiger partial charge in [-0.1, -0.05) is 0 Å². The number of anilines is 1. The van der Waals surface area contributed by atoms with Crippen LogP contribution in [0.25, 0.3) is 0 Å². The Hall–Kier alpha value is -1.79. The van der Waals surface area contributed by atoms with Crippen LogP contribution in [-0.4, -0.2) is 41.6 Å². The third-order valence-electron chi connectivity index (χ3n) is 3.61. The van der Waals surface area contributed by atoms with Gasteiger partial charge in [0.05, 0.1) is 11.5 Å². The molecule has 2 rings (SSSR count). The Morgan fingerprint density at radius 3 is 2.52 bits per heavy atom. The zero-order chi connectivity index (χ0) is 15.5. The predicted octanol–water partition coefficient (Wildman–Crippen LogP) is 2.93. The van der Waals surface area contributed by atoms with E-state index in [-0.39, 0.29) is 31.8 Å². The molecule has 0 aromatic carbocycles. The number of alkyl halides is 3. The monoisotopic (exact) mass is 301 g/mol. The predicted molar refractivity (Wildman–Crippen MR) is 73.1 cm³/mol. The standard InChI is InChI=1S/C14H18F3N3O/c1-2-18-12-4-3-10(9-19-12)13(21)20-7-5-11(6-8-20)14(15,16)17/h3-4,9,11H,2,5-8H2,1H3,(H,18,19). The van der Waals surface area contributed by atoms with E-state index in [1.165, 1.54) is 11.1 Å². The molecule has 21 heavy (non-hydrogen) atoms. The summed E-state index contributed by atoms with van der Waals surface area (Å²) in [5.74, 6) is -0.883. The average Bonchev–Trinajstić information content (AvgIpc) is 2.47. The summed E-state index contributed by atoms with van der Waals surface area (Å²) < 4.78 is 37.8. The first-order chi connectivity index (χ1) is 9.91. The van der Waals surface area contributed by atoms with Crippen molar-refractivity contribution in [2.75, 3.05) is 25.0 Å². The number of carbonyl (C=O) groups excluding carboxylic acids is 1. The number of rotatable bonds is 3. The van der Waals surface area contributed by atoms with Crippen LogP contribution in [0.2, 0.25) is 0 Å². The van der Waals surface area contributed by atoms with Crippen molar-refractivity contribution in [3.63, 3.8) is 0 Å². The van der Waals surface area contributed by atoms with Crippen molar-refractivity contribution in [2.45, 2.75) is 25.9 Å². The number of hydrogen-bond acceptors (Lipinski definition) is 3. The molecule has 0 spiro atoms. The van der Waals surface area contributed by atoms with Gasteiger partial charge >= 0.3 is 6.18 Å². The molecular formula is C14H18F3N3O. The summed E-state index contributed by atoms with van der Waals surface area (Å²) in [4.78, 5) is 17.8. The van der Waals surface area contributed by atoms with Crippen molar-refractivity contribution in [1.82, 2.24) is 9.88 Å². The van der Waals surface area contributed by atoms with Gasteiger partial charge in [0.15, 0.2) is 0 Å². The van der Waals surface area contributed by atoms with Crippen LogP contribution < -0.4 is 5.32 Å². The first kappa shape index (κ1) is 15.6. The molecule has 0 aliphatic carbocycles. The smallest absolute Gasteiger partial charge is 0.370 e. The number of halogens is 3. The fourth-order valence-corrected chi connectivity index (χ4v) is 2.40. The summed E-state index contributed by atoms with van der Waals surface area (Å²) >= 11 is 0. The van der Waals surface area contributed by atoms with Gasteiger partial charge in [-0.05, 0) is 31.9 Å². The molecule has 0 unspecified atom stereocenters. The third kappa shape index (κ3) is 3.86. The molecule has 1 amide bonds. The maximum absolute atomic E-state index is 12.6. The fourth-order valence-electron chi connectivity index (χ4n) is 2.40. The third-order valence-corrected chi connectivity index (χ3v) is 3.61. The number of aromatic nitrogens is 1. The molecule has 1 saturated heterocycles. The van der Waals surface area contributed by atoms with Gasteiger partial charge < -0.3 is 10.2 Å². The molecule has 1 fully saturated rings. The second-order valence-corrected chi connectivity index (χ2v) is 5.07. The molecule has 1 N–H and O–H groups in total. The summed E-state index contributed by atoms with van der Waals surface area (Å²) in [6.45, 7) is 2.94. The molecule has 1 aromatic rings. The number of nitrogens with zero attached hydrogens (tertiary/aromatic N) is 2. The average molecular weight is 301 g/mol. The quantitative estimate of drug-likeness (QED) is 0.933. The van der Waals surface area contributed by atoms with Gasteiger partial charge in [-0.3, -0.25) is 4.79 Å². The van der Waals surface area contributed by atoms with E-state index in [4.69, 9.17) is 0 Å². The van der Waals surface area contributed by atoms with Crippen LogP contribution in [-0.2, 0) is 0 Å². The molecule has 2 heterocycles. The minimum absolute atomic E-state index is 0.0296. The van der Waals surface area contributed by atoms with Gasteiger partial charge in [0.25, 0.3) is 5.91 Å². The Morgan fingerprint density at radius 1 is 1.38 bits per heavy atom. The molecule has 7 heteroatoms. The highest BCUT2D eigenvalue weighted by Crippen LogP contribution is 2.34. The topological polar surface area (TPSA) is 45.2 Å². The van der Waals surface area contributed by atoms with Crippen molar-refractivity contribution in [1.29, 1.82) is 0 Å². The van der Waals surface area contributed by atoms with E-state index in [9.17, 15) is 18.0 Å². The van der Waals surface area contributed by atoms with Gasteiger partial charge in [-0.2, -0.15) is 13.2 Å². The van der Waals surface area contributed by atoms with E-state index in [2.05, 4.69) is 10.3 Å². The lowest BCUT2D eigenvalue weighted by Gasteiger charge is -2.32. The zero-order valence-corrected chi connectivity index (χ0v) is 11.8. The van der Waals surface area contributed by atoms with Crippen LogP contribution in [0, 0.1) is 5.92 Å². The van der Waals surface area contributed by atoms with Crippen LogP contribution >= 0.6 is 0 Å². The van der Waals surface area contributed by atoms with Crippen molar-refractivity contribution in [2.24, 2.45) is 5.92 Å². The van der Waals surface area contributed by atoms with Crippen LogP contribution in [0.5, 0.6) is 0 Å². The number of nitrogens with one attached hydrogen (secondary N) is 1. The minimum Gasteiger partial charge on any atom is -0.370 e. The van der Waals surface area contributed by atoms with Gasteiger partial charge in [0.2, 0.25) is 0 Å². The molecule has 1 aromatic heterocycles. The Labute approximate surface area is 121 Å². The maximum atomic E-state index is 12.6. The van der Waals surface area contributed by atoms with Crippen LogP contribution in [0.1, 0.15) is 30.1 Å². The maximum Gasteiger partial charge on any atom is 0.391 e. The molecule has 0 radical (unpaired) electrons. The normalized spacial score (nSPS) is 16.9. The van der Waals surface area contributed by atoms with Gasteiger partial charge in [-0.15, -0.1) is 0 Å². The van der Waals surface area contributed by atoms with Crippen molar-refractivity contribution < 1.29 is 18.0 Å². The van der Waals surface area contributed by atoms with Crippen LogP contribution in [0.3, 0.4) is 0 Å². The lowest BCUT2D eigenvalue weighted by Crippen LogP contribution is -2.42. The molecule has 1 aliphatic rings. The first-order valence-corrected chi connectivity index (χ1v) is 6.97. The van der Waals surface area contributed by atoms with Crippen molar-refractivity contribution in [3.05, 3.63) is 23.9 Å². The van der Waals surface area contributed by atoms with E-state index < -0.39 is 12.1 Å².